The molecule has 1 aliphatic carbocycles. The average Bonchev–Trinajstić information content (AvgIpc) is 3.45. The summed E-state index contributed by atoms with van der Waals surface area (Å²) in [5, 5.41) is 19.2. The van der Waals surface area contributed by atoms with Gasteiger partial charge in [0.2, 0.25) is 0 Å². The van der Waals surface area contributed by atoms with Crippen molar-refractivity contribution in [2.75, 3.05) is 31.9 Å². The molecule has 10 nitrogen and oxygen atoms in total. The second-order valence-electron chi connectivity index (χ2n) is 7.35. The standard InChI is InChI=1S/C19H23N5O5/c25-29-10-26-9-11-4-5-12(8-11)20-18-15-19(24-23-18)22-17(21-15)13-2-1-3-14-16(13)28-7-6-27-14/h1-3,11-12,25H,4-10H2,(H3,20,21,22,23,24)/t11-,12?/m0/s1. The minimum absolute atomic E-state index is 0.0938. The zero-order valence-corrected chi connectivity index (χ0v) is 15.8. The maximum Gasteiger partial charge on any atom is 0.180 e. The van der Waals surface area contributed by atoms with E-state index in [0.29, 0.717) is 49.0 Å². The number of imidazole rings is 1. The van der Waals surface area contributed by atoms with Gasteiger partial charge in [-0.15, -0.1) is 0 Å². The van der Waals surface area contributed by atoms with Gasteiger partial charge in [0.05, 0.1) is 12.2 Å². The van der Waals surface area contributed by atoms with Gasteiger partial charge < -0.3 is 24.5 Å². The van der Waals surface area contributed by atoms with Crippen LogP contribution in [-0.2, 0) is 9.62 Å². The van der Waals surface area contributed by atoms with E-state index in [-0.39, 0.29) is 6.79 Å². The Morgan fingerprint density at radius 3 is 3.10 bits per heavy atom. The van der Waals surface area contributed by atoms with E-state index in [0.717, 1.165) is 41.9 Å². The maximum atomic E-state index is 8.34. The molecule has 2 aromatic heterocycles. The average molecular weight is 401 g/mol. The molecule has 3 aromatic rings. The normalized spacial score (nSPS) is 21.0. The second-order valence-corrected chi connectivity index (χ2v) is 7.35. The van der Waals surface area contributed by atoms with Crippen molar-refractivity contribution >= 4 is 17.0 Å². The first-order chi connectivity index (χ1) is 14.3. The monoisotopic (exact) mass is 401 g/mol. The molecule has 0 spiro atoms. The van der Waals surface area contributed by atoms with E-state index in [1.165, 1.54) is 0 Å². The number of fused-ring (bicyclic) bond motifs is 2. The number of para-hydroxylation sites is 1. The minimum atomic E-state index is -0.0938. The van der Waals surface area contributed by atoms with Crippen LogP contribution in [0.15, 0.2) is 18.2 Å². The van der Waals surface area contributed by atoms with Crippen LogP contribution in [0.2, 0.25) is 0 Å². The second kappa shape index (κ2) is 7.90. The molecular weight excluding hydrogens is 378 g/mol. The van der Waals surface area contributed by atoms with Crippen LogP contribution in [0.1, 0.15) is 19.3 Å². The summed E-state index contributed by atoms with van der Waals surface area (Å²) in [5.41, 5.74) is 2.39. The topological polar surface area (TPSA) is 127 Å². The summed E-state index contributed by atoms with van der Waals surface area (Å²) in [7, 11) is 0. The first kappa shape index (κ1) is 18.2. The lowest BCUT2D eigenvalue weighted by Crippen LogP contribution is -2.17. The number of rotatable bonds is 7. The predicted octanol–water partition coefficient (Wildman–Crippen LogP) is 2.77. The van der Waals surface area contributed by atoms with Crippen LogP contribution in [0.5, 0.6) is 11.5 Å². The predicted molar refractivity (Wildman–Crippen MR) is 104 cm³/mol. The summed E-state index contributed by atoms with van der Waals surface area (Å²) in [6, 6.07) is 6.09. The van der Waals surface area contributed by atoms with Crippen LogP contribution in [0, 0.1) is 5.92 Å². The summed E-state index contributed by atoms with van der Waals surface area (Å²) < 4.78 is 16.7. The highest BCUT2D eigenvalue weighted by atomic mass is 17.1. The molecule has 29 heavy (non-hydrogen) atoms. The molecule has 0 amide bonds. The molecule has 5 rings (SSSR count). The summed E-state index contributed by atoms with van der Waals surface area (Å²) in [5.74, 6) is 3.34. The largest absolute Gasteiger partial charge is 0.486 e. The lowest BCUT2D eigenvalue weighted by atomic mass is 10.1. The van der Waals surface area contributed by atoms with Gasteiger partial charge >= 0.3 is 0 Å². The number of ether oxygens (including phenoxy) is 3. The van der Waals surface area contributed by atoms with Crippen molar-refractivity contribution in [3.63, 3.8) is 0 Å². The number of hydrogen-bond acceptors (Lipinski definition) is 8. The Hall–Kier alpha value is -2.82. The molecule has 0 saturated heterocycles. The van der Waals surface area contributed by atoms with Gasteiger partial charge in [-0.1, -0.05) is 6.07 Å². The van der Waals surface area contributed by atoms with Gasteiger partial charge in [-0.3, -0.25) is 5.10 Å². The van der Waals surface area contributed by atoms with Crippen LogP contribution >= 0.6 is 0 Å². The lowest BCUT2D eigenvalue weighted by molar-refractivity contribution is -0.297. The summed E-state index contributed by atoms with van der Waals surface area (Å²) in [4.78, 5) is 12.0. The Morgan fingerprint density at radius 1 is 1.24 bits per heavy atom. The van der Waals surface area contributed by atoms with Gasteiger partial charge in [-0.25, -0.2) is 15.1 Å². The lowest BCUT2D eigenvalue weighted by Gasteiger charge is -2.20. The Balaban J connectivity index is 1.32. The van der Waals surface area contributed by atoms with E-state index in [1.54, 1.807) is 0 Å². The summed E-state index contributed by atoms with van der Waals surface area (Å²) >= 11 is 0. The van der Waals surface area contributed by atoms with E-state index in [1.807, 2.05) is 18.2 Å². The van der Waals surface area contributed by atoms with E-state index < -0.39 is 0 Å². The fourth-order valence-electron chi connectivity index (χ4n) is 4.09. The van der Waals surface area contributed by atoms with E-state index >= 15 is 0 Å². The number of nitrogens with zero attached hydrogens (tertiary/aromatic N) is 2. The number of hydrogen-bond donors (Lipinski definition) is 4. The van der Waals surface area contributed by atoms with Crippen molar-refractivity contribution in [3.8, 4) is 22.9 Å². The molecule has 2 atom stereocenters. The third-order valence-corrected chi connectivity index (χ3v) is 5.41. The van der Waals surface area contributed by atoms with Crippen LogP contribution in [-0.4, -0.2) is 58.1 Å². The molecule has 4 N–H and O–H groups in total. The Kier molecular flexibility index (Phi) is 4.96. The SMILES string of the molecule is OOCOC[C@H]1CCC(Nc2n[nH]c3nc(-c4cccc5c4OCCO5)[nH]c23)C1. The van der Waals surface area contributed by atoms with Gasteiger partial charge in [0.1, 0.15) is 24.6 Å². The summed E-state index contributed by atoms with van der Waals surface area (Å²) in [6.45, 7) is 1.55. The van der Waals surface area contributed by atoms with Crippen molar-refractivity contribution in [1.29, 1.82) is 0 Å². The van der Waals surface area contributed by atoms with Gasteiger partial charge in [-0.05, 0) is 37.3 Å². The number of benzene rings is 1. The van der Waals surface area contributed by atoms with Crippen LogP contribution < -0.4 is 14.8 Å². The quantitative estimate of drug-likeness (QED) is 0.206. The number of anilines is 1. The van der Waals surface area contributed by atoms with Gasteiger partial charge in [0.25, 0.3) is 0 Å². The fraction of sp³-hybridized carbons (Fsp3) is 0.474. The van der Waals surface area contributed by atoms with Crippen molar-refractivity contribution in [2.24, 2.45) is 5.92 Å². The Morgan fingerprint density at radius 2 is 2.17 bits per heavy atom. The van der Waals surface area contributed by atoms with E-state index in [2.05, 4.69) is 30.4 Å². The highest BCUT2D eigenvalue weighted by molar-refractivity contribution is 5.87. The molecule has 0 radical (unpaired) electrons. The third kappa shape index (κ3) is 3.61. The third-order valence-electron chi connectivity index (χ3n) is 5.41. The molecule has 2 aliphatic rings. The van der Waals surface area contributed by atoms with Crippen LogP contribution in [0.25, 0.3) is 22.6 Å². The van der Waals surface area contributed by atoms with Gasteiger partial charge in [0, 0.05) is 6.04 Å². The van der Waals surface area contributed by atoms with E-state index in [9.17, 15) is 0 Å². The molecule has 0 bridgehead atoms. The van der Waals surface area contributed by atoms with Crippen molar-refractivity contribution in [3.05, 3.63) is 18.2 Å². The van der Waals surface area contributed by atoms with Crippen LogP contribution in [0.3, 0.4) is 0 Å². The highest BCUT2D eigenvalue weighted by Crippen LogP contribution is 2.39. The molecular formula is C19H23N5O5. The molecule has 10 heteroatoms. The van der Waals surface area contributed by atoms with Crippen LogP contribution in [0.4, 0.5) is 5.82 Å². The maximum absolute atomic E-state index is 8.34. The molecule has 1 aliphatic heterocycles. The van der Waals surface area contributed by atoms with E-state index in [4.69, 9.17) is 19.5 Å². The van der Waals surface area contributed by atoms with Crippen molar-refractivity contribution in [2.45, 2.75) is 25.3 Å². The van der Waals surface area contributed by atoms with Gasteiger partial charge in [-0.2, -0.15) is 5.10 Å². The zero-order valence-electron chi connectivity index (χ0n) is 15.8. The highest BCUT2D eigenvalue weighted by Gasteiger charge is 2.27. The summed E-state index contributed by atoms with van der Waals surface area (Å²) in [6.07, 6.45) is 3.05. The molecule has 1 fully saturated rings. The van der Waals surface area contributed by atoms with Crippen molar-refractivity contribution < 1.29 is 24.4 Å². The minimum Gasteiger partial charge on any atom is -0.486 e. The molecule has 1 saturated carbocycles. The van der Waals surface area contributed by atoms with Crippen molar-refractivity contribution in [1.82, 2.24) is 20.2 Å². The number of aromatic nitrogens is 4. The number of aromatic amines is 2. The number of nitrogens with one attached hydrogen (secondary N) is 3. The first-order valence-electron chi connectivity index (χ1n) is 9.75. The Bertz CT molecular complexity index is 987. The molecule has 1 aromatic carbocycles. The van der Waals surface area contributed by atoms with Gasteiger partial charge in [0.15, 0.2) is 29.8 Å². The smallest absolute Gasteiger partial charge is 0.180 e. The molecule has 1 unspecified atom stereocenters. The molecule has 154 valence electrons. The number of H-pyrrole nitrogens is 2. The first-order valence-corrected chi connectivity index (χ1v) is 9.75. The Labute approximate surface area is 166 Å². The zero-order chi connectivity index (χ0) is 19.6. The molecule has 3 heterocycles. The fourth-order valence-corrected chi connectivity index (χ4v) is 4.09.